The molecule has 1 nitrogen and oxygen atoms in total. The first-order chi connectivity index (χ1) is 14.7. The molecule has 4 rings (SSSR count). The zero-order chi connectivity index (χ0) is 20.8. The minimum absolute atomic E-state index is 0. The van der Waals surface area contributed by atoms with Crippen molar-refractivity contribution in [1.29, 1.82) is 0 Å². The Morgan fingerprint density at radius 3 is 1.26 bits per heavy atom. The van der Waals surface area contributed by atoms with E-state index in [1.165, 1.54) is 39.0 Å². The molecular formula is C29H28BrN. The summed E-state index contributed by atoms with van der Waals surface area (Å²) in [6, 6.07) is 38.8. The van der Waals surface area contributed by atoms with E-state index in [9.17, 15) is 0 Å². The Labute approximate surface area is 196 Å². The molecule has 4 aromatic carbocycles. The molecule has 0 aliphatic carbocycles. The fourth-order valence-electron chi connectivity index (χ4n) is 3.62. The molecule has 0 amide bonds. The Morgan fingerprint density at radius 1 is 0.548 bits per heavy atom. The summed E-state index contributed by atoms with van der Waals surface area (Å²) in [5.74, 6) is 0. The maximum Gasteiger partial charge on any atom is 0.0166 e. The van der Waals surface area contributed by atoms with Crippen molar-refractivity contribution in [2.75, 3.05) is 20.6 Å². The third-order valence-corrected chi connectivity index (χ3v) is 5.27. The molecule has 0 spiro atoms. The van der Waals surface area contributed by atoms with Gasteiger partial charge < -0.3 is 4.90 Å². The summed E-state index contributed by atoms with van der Waals surface area (Å²) in [6.45, 7) is 0.899. The summed E-state index contributed by atoms with van der Waals surface area (Å²) < 4.78 is 0. The minimum atomic E-state index is 0. The Balaban J connectivity index is 0.00000272. The lowest BCUT2D eigenvalue weighted by molar-refractivity contribution is 0.457. The van der Waals surface area contributed by atoms with Crippen molar-refractivity contribution >= 4 is 22.6 Å². The van der Waals surface area contributed by atoms with Crippen molar-refractivity contribution in [3.63, 3.8) is 0 Å². The largest absolute Gasteiger partial charge is 0.306 e. The van der Waals surface area contributed by atoms with Gasteiger partial charge in [0.05, 0.1) is 0 Å². The lowest BCUT2D eigenvalue weighted by atomic mass is 9.94. The second-order valence-corrected chi connectivity index (χ2v) is 7.77. The van der Waals surface area contributed by atoms with Crippen molar-refractivity contribution in [2.45, 2.75) is 0 Å². The summed E-state index contributed by atoms with van der Waals surface area (Å²) >= 11 is 0. The topological polar surface area (TPSA) is 3.24 Å². The van der Waals surface area contributed by atoms with Crippen LogP contribution >= 0.6 is 17.0 Å². The van der Waals surface area contributed by atoms with Gasteiger partial charge in [0, 0.05) is 6.54 Å². The number of nitrogens with zero attached hydrogens (tertiary/aromatic N) is 1. The first kappa shape index (κ1) is 22.7. The predicted molar refractivity (Wildman–Crippen MR) is 140 cm³/mol. The average molecular weight is 470 g/mol. The van der Waals surface area contributed by atoms with Crippen LogP contribution in [0.5, 0.6) is 0 Å². The summed E-state index contributed by atoms with van der Waals surface area (Å²) in [5, 5.41) is 0. The van der Waals surface area contributed by atoms with Crippen molar-refractivity contribution in [2.24, 2.45) is 0 Å². The molecule has 156 valence electrons. The van der Waals surface area contributed by atoms with Crippen molar-refractivity contribution in [3.05, 3.63) is 126 Å². The number of benzene rings is 4. The van der Waals surface area contributed by atoms with E-state index in [0.717, 1.165) is 6.54 Å². The Morgan fingerprint density at radius 2 is 0.903 bits per heavy atom. The minimum Gasteiger partial charge on any atom is -0.306 e. The number of hydrogen-bond donors (Lipinski definition) is 0. The van der Waals surface area contributed by atoms with E-state index in [1.807, 2.05) is 0 Å². The summed E-state index contributed by atoms with van der Waals surface area (Å²) in [4.78, 5) is 2.19. The predicted octanol–water partition coefficient (Wildman–Crippen LogP) is 7.59. The zero-order valence-corrected chi connectivity index (χ0v) is 19.7. The Bertz CT molecular complexity index is 1010. The van der Waals surface area contributed by atoms with Crippen LogP contribution in [0.15, 0.2) is 115 Å². The van der Waals surface area contributed by atoms with Gasteiger partial charge in [-0.05, 0) is 53.0 Å². The van der Waals surface area contributed by atoms with Gasteiger partial charge in [-0.25, -0.2) is 0 Å². The normalized spacial score (nSPS) is 10.4. The molecule has 0 saturated carbocycles. The highest BCUT2D eigenvalue weighted by atomic mass is 79.9. The van der Waals surface area contributed by atoms with Gasteiger partial charge in [0.2, 0.25) is 0 Å². The first-order valence-electron chi connectivity index (χ1n) is 10.4. The third-order valence-electron chi connectivity index (χ3n) is 5.27. The lowest BCUT2D eigenvalue weighted by Gasteiger charge is -2.13. The zero-order valence-electron chi connectivity index (χ0n) is 18.0. The van der Waals surface area contributed by atoms with Crippen LogP contribution in [0.1, 0.15) is 11.1 Å². The molecule has 0 aliphatic rings. The van der Waals surface area contributed by atoms with Crippen LogP contribution in [0.2, 0.25) is 0 Å². The number of hydrogen-bond acceptors (Lipinski definition) is 1. The molecular weight excluding hydrogens is 442 g/mol. The standard InChI is InChI=1S/C29H27N.BrH/c1-30(2)22-21-29(27-17-13-25(14-18-27)23-9-5-3-6-10-23)28-19-15-26(16-20-28)24-11-7-4-8-12-24;/h3-21H,22H2,1-2H3;1H. The fraction of sp³-hybridized carbons (Fsp3) is 0.103. The van der Waals surface area contributed by atoms with Crippen LogP contribution in [0.25, 0.3) is 27.8 Å². The SMILES string of the molecule is Br.CN(C)CC=C(c1ccc(-c2ccccc2)cc1)c1ccc(-c2ccccc2)cc1. The molecule has 0 aliphatic heterocycles. The second-order valence-electron chi connectivity index (χ2n) is 7.77. The van der Waals surface area contributed by atoms with Crippen LogP contribution in [0, 0.1) is 0 Å². The van der Waals surface area contributed by atoms with E-state index >= 15 is 0 Å². The molecule has 0 fully saturated rings. The van der Waals surface area contributed by atoms with Gasteiger partial charge in [-0.1, -0.05) is 115 Å². The number of rotatable bonds is 6. The first-order valence-corrected chi connectivity index (χ1v) is 10.4. The van der Waals surface area contributed by atoms with Gasteiger partial charge in [0.25, 0.3) is 0 Å². The molecule has 31 heavy (non-hydrogen) atoms. The lowest BCUT2D eigenvalue weighted by Crippen LogP contribution is -2.11. The van der Waals surface area contributed by atoms with Gasteiger partial charge in [-0.15, -0.1) is 17.0 Å². The van der Waals surface area contributed by atoms with E-state index in [1.54, 1.807) is 0 Å². The molecule has 0 unspecified atom stereocenters. The van der Waals surface area contributed by atoms with Crippen molar-refractivity contribution < 1.29 is 0 Å². The van der Waals surface area contributed by atoms with Crippen LogP contribution in [0.3, 0.4) is 0 Å². The van der Waals surface area contributed by atoms with Gasteiger partial charge in [0.1, 0.15) is 0 Å². The maximum absolute atomic E-state index is 2.31. The van der Waals surface area contributed by atoms with Gasteiger partial charge in [0.15, 0.2) is 0 Å². The van der Waals surface area contributed by atoms with E-state index in [2.05, 4.69) is 134 Å². The molecule has 0 saturated heterocycles. The highest BCUT2D eigenvalue weighted by Crippen LogP contribution is 2.28. The van der Waals surface area contributed by atoms with E-state index in [0.29, 0.717) is 0 Å². The van der Waals surface area contributed by atoms with Gasteiger partial charge in [-0.3, -0.25) is 0 Å². The molecule has 0 heterocycles. The van der Waals surface area contributed by atoms with Gasteiger partial charge in [-0.2, -0.15) is 0 Å². The molecule has 0 aromatic heterocycles. The third kappa shape index (κ3) is 5.81. The Kier molecular flexibility index (Phi) is 8.00. The van der Waals surface area contributed by atoms with E-state index in [-0.39, 0.29) is 17.0 Å². The van der Waals surface area contributed by atoms with E-state index < -0.39 is 0 Å². The molecule has 2 heteroatoms. The van der Waals surface area contributed by atoms with Crippen LogP contribution in [-0.4, -0.2) is 25.5 Å². The second kappa shape index (κ2) is 10.9. The van der Waals surface area contributed by atoms with Crippen molar-refractivity contribution in [3.8, 4) is 22.3 Å². The average Bonchev–Trinajstić information content (AvgIpc) is 2.81. The summed E-state index contributed by atoms with van der Waals surface area (Å²) in [6.07, 6.45) is 2.31. The van der Waals surface area contributed by atoms with Crippen LogP contribution < -0.4 is 0 Å². The number of likely N-dealkylation sites (N-methyl/N-ethyl adjacent to an activating group) is 1. The highest BCUT2D eigenvalue weighted by molar-refractivity contribution is 8.93. The maximum atomic E-state index is 2.31. The van der Waals surface area contributed by atoms with Gasteiger partial charge >= 0.3 is 0 Å². The molecule has 0 N–H and O–H groups in total. The summed E-state index contributed by atoms with van der Waals surface area (Å²) in [5.41, 5.74) is 8.72. The molecule has 0 bridgehead atoms. The smallest absolute Gasteiger partial charge is 0.0166 e. The van der Waals surface area contributed by atoms with E-state index in [4.69, 9.17) is 0 Å². The van der Waals surface area contributed by atoms with Crippen LogP contribution in [-0.2, 0) is 0 Å². The molecule has 0 atom stereocenters. The van der Waals surface area contributed by atoms with Crippen LogP contribution in [0.4, 0.5) is 0 Å². The fourth-order valence-corrected chi connectivity index (χ4v) is 3.62. The quantitative estimate of drug-likeness (QED) is 0.281. The Hall–Kier alpha value is -2.94. The molecule has 0 radical (unpaired) electrons. The number of halogens is 1. The van der Waals surface area contributed by atoms with Crippen molar-refractivity contribution in [1.82, 2.24) is 4.90 Å². The monoisotopic (exact) mass is 469 g/mol. The molecule has 4 aromatic rings. The summed E-state index contributed by atoms with van der Waals surface area (Å²) in [7, 11) is 4.20. The highest BCUT2D eigenvalue weighted by Gasteiger charge is 2.07.